The Kier molecular flexibility index (Phi) is 5.34. The van der Waals surface area contributed by atoms with Gasteiger partial charge < -0.3 is 18.9 Å². The predicted molar refractivity (Wildman–Crippen MR) is 123 cm³/mol. The molecule has 1 unspecified atom stereocenters. The van der Waals surface area contributed by atoms with Gasteiger partial charge in [0.1, 0.15) is 11.9 Å². The first-order valence-corrected chi connectivity index (χ1v) is 11.4. The number of rotatable bonds is 4. The maximum atomic E-state index is 6.49. The van der Waals surface area contributed by atoms with Crippen LogP contribution in [0.4, 0.5) is 5.82 Å². The summed E-state index contributed by atoms with van der Waals surface area (Å²) in [5, 5.41) is 10.1. The molecule has 2 aliphatic heterocycles. The van der Waals surface area contributed by atoms with Gasteiger partial charge in [-0.15, -0.1) is 5.10 Å². The Morgan fingerprint density at radius 2 is 1.84 bits per heavy atom. The van der Waals surface area contributed by atoms with E-state index in [1.54, 1.807) is 0 Å². The normalized spacial score (nSPS) is 20.5. The molecule has 6 nitrogen and oxygen atoms in total. The van der Waals surface area contributed by atoms with Gasteiger partial charge in [-0.1, -0.05) is 26.8 Å². The molecule has 5 rings (SSSR count). The zero-order valence-electron chi connectivity index (χ0n) is 18.8. The Bertz CT molecular complexity index is 1020. The average molecular weight is 421 g/mol. The van der Waals surface area contributed by atoms with Crippen LogP contribution in [-0.2, 0) is 10.2 Å². The number of fused-ring (bicyclic) bond motifs is 1. The van der Waals surface area contributed by atoms with E-state index >= 15 is 0 Å². The van der Waals surface area contributed by atoms with Crippen LogP contribution in [0.25, 0.3) is 10.9 Å². The zero-order valence-corrected chi connectivity index (χ0v) is 18.8. The van der Waals surface area contributed by atoms with Crippen LogP contribution in [0.2, 0.25) is 0 Å². The lowest BCUT2D eigenvalue weighted by Crippen LogP contribution is -2.38. The first kappa shape index (κ1) is 20.3. The topological polar surface area (TPSA) is 52.4 Å². The van der Waals surface area contributed by atoms with Crippen LogP contribution < -0.4 is 9.64 Å². The molecular weight excluding hydrogens is 388 g/mol. The van der Waals surface area contributed by atoms with E-state index in [9.17, 15) is 0 Å². The molecule has 2 aliphatic rings. The van der Waals surface area contributed by atoms with E-state index in [2.05, 4.69) is 83.0 Å². The third kappa shape index (κ3) is 4.13. The highest BCUT2D eigenvalue weighted by molar-refractivity contribution is 5.86. The quantitative estimate of drug-likeness (QED) is 0.610. The Labute approximate surface area is 184 Å². The van der Waals surface area contributed by atoms with E-state index in [1.807, 2.05) is 0 Å². The number of ether oxygens (including phenoxy) is 2. The van der Waals surface area contributed by atoms with Crippen LogP contribution in [0.15, 0.2) is 42.6 Å². The van der Waals surface area contributed by atoms with Crippen LogP contribution in [0.5, 0.6) is 5.75 Å². The molecule has 31 heavy (non-hydrogen) atoms. The largest absolute Gasteiger partial charge is 0.490 e. The van der Waals surface area contributed by atoms with Gasteiger partial charge in [-0.2, -0.15) is 5.10 Å². The molecule has 0 amide bonds. The highest BCUT2D eigenvalue weighted by Crippen LogP contribution is 2.33. The minimum Gasteiger partial charge on any atom is -0.490 e. The molecule has 0 N–H and O–H groups in total. The third-order valence-corrected chi connectivity index (χ3v) is 6.50. The average Bonchev–Trinajstić information content (AvgIpc) is 3.44. The van der Waals surface area contributed by atoms with Gasteiger partial charge in [-0.05, 0) is 36.8 Å². The molecule has 2 aromatic heterocycles. The van der Waals surface area contributed by atoms with Crippen LogP contribution in [-0.4, -0.2) is 47.2 Å². The molecule has 0 aliphatic carbocycles. The Morgan fingerprint density at radius 1 is 1.00 bits per heavy atom. The number of benzene rings is 1. The summed E-state index contributed by atoms with van der Waals surface area (Å²) in [5.74, 6) is 1.95. The fourth-order valence-corrected chi connectivity index (χ4v) is 4.60. The lowest BCUT2D eigenvalue weighted by molar-refractivity contribution is 0.173. The third-order valence-electron chi connectivity index (χ3n) is 6.50. The molecule has 0 saturated carbocycles. The van der Waals surface area contributed by atoms with Gasteiger partial charge in [0.25, 0.3) is 0 Å². The summed E-state index contributed by atoms with van der Waals surface area (Å²) in [4.78, 5) is 2.32. The van der Waals surface area contributed by atoms with Crippen molar-refractivity contribution < 1.29 is 9.47 Å². The SMILES string of the molecule is CC(C)(C)c1ccc(N2CCC(Oc3cccc4c3ccn4C3CCOC3)CC2)nn1. The van der Waals surface area contributed by atoms with Gasteiger partial charge in [0.2, 0.25) is 0 Å². The van der Waals surface area contributed by atoms with Crippen molar-refractivity contribution in [2.24, 2.45) is 0 Å². The van der Waals surface area contributed by atoms with Crippen LogP contribution in [0.3, 0.4) is 0 Å². The number of aromatic nitrogens is 3. The van der Waals surface area contributed by atoms with Crippen LogP contribution in [0, 0.1) is 0 Å². The summed E-state index contributed by atoms with van der Waals surface area (Å²) in [6.07, 6.45) is 5.45. The van der Waals surface area contributed by atoms with Gasteiger partial charge in [0.15, 0.2) is 5.82 Å². The smallest absolute Gasteiger partial charge is 0.151 e. The van der Waals surface area contributed by atoms with Gasteiger partial charge in [0.05, 0.1) is 23.9 Å². The van der Waals surface area contributed by atoms with Crippen molar-refractivity contribution in [1.29, 1.82) is 0 Å². The van der Waals surface area contributed by atoms with Crippen molar-refractivity contribution in [3.8, 4) is 5.75 Å². The molecule has 0 radical (unpaired) electrons. The zero-order chi connectivity index (χ0) is 21.4. The molecule has 0 bridgehead atoms. The van der Waals surface area contributed by atoms with Crippen LogP contribution >= 0.6 is 0 Å². The lowest BCUT2D eigenvalue weighted by Gasteiger charge is -2.33. The lowest BCUT2D eigenvalue weighted by atomic mass is 9.92. The van der Waals surface area contributed by atoms with E-state index in [4.69, 9.17) is 9.47 Å². The second kappa shape index (κ2) is 8.15. The summed E-state index contributed by atoms with van der Waals surface area (Å²) in [6, 6.07) is 13.2. The molecule has 2 saturated heterocycles. The summed E-state index contributed by atoms with van der Waals surface area (Å²) < 4.78 is 14.4. The number of piperidine rings is 1. The molecule has 1 aromatic carbocycles. The Hall–Kier alpha value is -2.60. The minimum absolute atomic E-state index is 0.0249. The highest BCUT2D eigenvalue weighted by atomic mass is 16.5. The van der Waals surface area contributed by atoms with Crippen molar-refractivity contribution >= 4 is 16.7 Å². The monoisotopic (exact) mass is 420 g/mol. The molecule has 0 spiro atoms. The number of hydrogen-bond acceptors (Lipinski definition) is 5. The molecular formula is C25H32N4O2. The molecule has 2 fully saturated rings. The Balaban J connectivity index is 1.24. The van der Waals surface area contributed by atoms with E-state index < -0.39 is 0 Å². The fraction of sp³-hybridized carbons (Fsp3) is 0.520. The number of hydrogen-bond donors (Lipinski definition) is 0. The maximum Gasteiger partial charge on any atom is 0.151 e. The first-order chi connectivity index (χ1) is 15.0. The molecule has 6 heteroatoms. The van der Waals surface area contributed by atoms with E-state index in [0.717, 1.165) is 62.8 Å². The van der Waals surface area contributed by atoms with Crippen molar-refractivity contribution in [3.05, 3.63) is 48.3 Å². The van der Waals surface area contributed by atoms with Gasteiger partial charge in [0, 0.05) is 49.5 Å². The van der Waals surface area contributed by atoms with Crippen molar-refractivity contribution in [2.45, 2.75) is 57.6 Å². The highest BCUT2D eigenvalue weighted by Gasteiger charge is 2.24. The first-order valence-electron chi connectivity index (χ1n) is 11.4. The minimum atomic E-state index is 0.0249. The van der Waals surface area contributed by atoms with Gasteiger partial charge in [-0.3, -0.25) is 0 Å². The molecule has 1 atom stereocenters. The van der Waals surface area contributed by atoms with Crippen molar-refractivity contribution in [3.63, 3.8) is 0 Å². The van der Waals surface area contributed by atoms with E-state index in [0.29, 0.717) is 6.04 Å². The van der Waals surface area contributed by atoms with Crippen molar-refractivity contribution in [1.82, 2.24) is 14.8 Å². The Morgan fingerprint density at radius 3 is 2.52 bits per heavy atom. The maximum absolute atomic E-state index is 6.49. The second-order valence-corrected chi connectivity index (χ2v) is 9.76. The summed E-state index contributed by atoms with van der Waals surface area (Å²) in [5.41, 5.74) is 2.29. The fourth-order valence-electron chi connectivity index (χ4n) is 4.60. The summed E-state index contributed by atoms with van der Waals surface area (Å²) in [7, 11) is 0. The second-order valence-electron chi connectivity index (χ2n) is 9.76. The number of nitrogens with zero attached hydrogens (tertiary/aromatic N) is 4. The van der Waals surface area contributed by atoms with Crippen LogP contribution in [0.1, 0.15) is 51.8 Å². The molecule has 4 heterocycles. The summed E-state index contributed by atoms with van der Waals surface area (Å²) in [6.45, 7) is 10.0. The molecule has 3 aromatic rings. The summed E-state index contributed by atoms with van der Waals surface area (Å²) >= 11 is 0. The van der Waals surface area contributed by atoms with Crippen molar-refractivity contribution in [2.75, 3.05) is 31.2 Å². The van der Waals surface area contributed by atoms with Gasteiger partial charge >= 0.3 is 0 Å². The molecule has 164 valence electrons. The predicted octanol–water partition coefficient (Wildman–Crippen LogP) is 4.74. The van der Waals surface area contributed by atoms with Gasteiger partial charge in [-0.25, -0.2) is 0 Å². The van der Waals surface area contributed by atoms with E-state index in [1.165, 1.54) is 10.9 Å². The van der Waals surface area contributed by atoms with E-state index in [-0.39, 0.29) is 11.5 Å². The number of anilines is 1. The standard InChI is InChI=1S/C25H32N4O2/c1-25(2,3)23-7-8-24(27-26-23)28-13-9-19(10-14-28)31-22-6-4-5-21-20(22)11-15-29(21)18-12-16-30-17-18/h4-8,11,15,18-19H,9-10,12-14,16-17H2,1-3H3.